The van der Waals surface area contributed by atoms with Crippen LogP contribution in [0.3, 0.4) is 0 Å². The Kier molecular flexibility index (Phi) is 6.37. The largest absolute Gasteiger partial charge is 0.444 e. The lowest BCUT2D eigenvalue weighted by atomic mass is 10.1. The van der Waals surface area contributed by atoms with Gasteiger partial charge in [0.1, 0.15) is 17.9 Å². The van der Waals surface area contributed by atoms with Crippen LogP contribution < -0.4 is 10.6 Å². The van der Waals surface area contributed by atoms with E-state index in [9.17, 15) is 8.78 Å². The quantitative estimate of drug-likeness (QED) is 0.501. The molecular weight excluding hydrogens is 362 g/mol. The molecule has 0 saturated carbocycles. The first-order valence-electron chi connectivity index (χ1n) is 8.95. The van der Waals surface area contributed by atoms with Gasteiger partial charge in [-0.15, -0.1) is 0 Å². The molecule has 3 aromatic rings. The molecule has 0 radical (unpaired) electrons. The molecule has 1 heterocycles. The van der Waals surface area contributed by atoms with Gasteiger partial charge in [0.15, 0.2) is 5.96 Å². The van der Waals surface area contributed by atoms with Crippen LogP contribution in [0.15, 0.2) is 58.1 Å². The normalized spacial score (nSPS) is 11.5. The number of aryl methyl sites for hydroxylation is 1. The number of rotatable bonds is 6. The van der Waals surface area contributed by atoms with Crippen molar-refractivity contribution >= 4 is 5.96 Å². The molecule has 0 aliphatic rings. The van der Waals surface area contributed by atoms with Crippen molar-refractivity contribution in [3.8, 4) is 11.5 Å². The number of halogens is 2. The molecule has 2 N–H and O–H groups in total. The second-order valence-electron chi connectivity index (χ2n) is 6.35. The van der Waals surface area contributed by atoms with Gasteiger partial charge in [0.25, 0.3) is 0 Å². The summed E-state index contributed by atoms with van der Waals surface area (Å²) in [4.78, 5) is 8.57. The van der Waals surface area contributed by atoms with E-state index in [1.165, 1.54) is 5.56 Å². The number of nitrogens with zero attached hydrogens (tertiary/aromatic N) is 2. The summed E-state index contributed by atoms with van der Waals surface area (Å²) in [6, 6.07) is 11.3. The fourth-order valence-corrected chi connectivity index (χ4v) is 2.64. The highest BCUT2D eigenvalue weighted by molar-refractivity contribution is 5.79. The van der Waals surface area contributed by atoms with E-state index in [4.69, 9.17) is 4.42 Å². The van der Waals surface area contributed by atoms with Gasteiger partial charge in [0.05, 0.1) is 5.69 Å². The van der Waals surface area contributed by atoms with Crippen LogP contribution in [0.2, 0.25) is 0 Å². The Morgan fingerprint density at radius 3 is 2.64 bits per heavy atom. The van der Waals surface area contributed by atoms with Crippen LogP contribution in [0.5, 0.6) is 0 Å². The van der Waals surface area contributed by atoms with Crippen LogP contribution in [0.4, 0.5) is 8.78 Å². The Bertz CT molecular complexity index is 951. The van der Waals surface area contributed by atoms with Gasteiger partial charge in [-0.2, -0.15) is 0 Å². The second-order valence-corrected chi connectivity index (χ2v) is 6.35. The lowest BCUT2D eigenvalue weighted by Crippen LogP contribution is -2.38. The number of guanidine groups is 1. The topological polar surface area (TPSA) is 62.5 Å². The van der Waals surface area contributed by atoms with Crippen LogP contribution in [0, 0.1) is 18.6 Å². The van der Waals surface area contributed by atoms with E-state index in [-0.39, 0.29) is 12.1 Å². The summed E-state index contributed by atoms with van der Waals surface area (Å²) < 4.78 is 32.5. The molecule has 0 spiro atoms. The third-order valence-electron chi connectivity index (χ3n) is 4.20. The molecule has 0 aliphatic heterocycles. The zero-order valence-corrected chi connectivity index (χ0v) is 15.8. The standard InChI is InChI=1S/C21H22F2N4O/c1-14-3-5-15(6-4-14)20-27-18(13-28-20)9-10-25-21(24-2)26-12-16-11-17(22)7-8-19(16)23/h3-8,11,13H,9-10,12H2,1-2H3,(H2,24,25,26). The van der Waals surface area contributed by atoms with Crippen LogP contribution in [0.1, 0.15) is 16.8 Å². The smallest absolute Gasteiger partial charge is 0.226 e. The lowest BCUT2D eigenvalue weighted by molar-refractivity contribution is 0.572. The number of benzene rings is 2. The van der Waals surface area contributed by atoms with Gasteiger partial charge in [0, 0.05) is 37.7 Å². The maximum absolute atomic E-state index is 13.7. The van der Waals surface area contributed by atoms with Crippen molar-refractivity contribution in [3.05, 3.63) is 77.2 Å². The zero-order chi connectivity index (χ0) is 19.9. The number of aromatic nitrogens is 1. The molecule has 0 fully saturated rings. The molecule has 0 unspecified atom stereocenters. The molecule has 1 aromatic heterocycles. The Labute approximate surface area is 162 Å². The summed E-state index contributed by atoms with van der Waals surface area (Å²) in [5.74, 6) is 0.136. The molecule has 146 valence electrons. The first-order chi connectivity index (χ1) is 13.5. The molecular formula is C21H22F2N4O. The number of nitrogens with one attached hydrogen (secondary N) is 2. The van der Waals surface area contributed by atoms with Crippen molar-refractivity contribution in [2.24, 2.45) is 4.99 Å². The van der Waals surface area contributed by atoms with Gasteiger partial charge in [0.2, 0.25) is 5.89 Å². The highest BCUT2D eigenvalue weighted by Gasteiger charge is 2.08. The highest BCUT2D eigenvalue weighted by atomic mass is 19.1. The van der Waals surface area contributed by atoms with E-state index >= 15 is 0 Å². The average molecular weight is 384 g/mol. The van der Waals surface area contributed by atoms with E-state index in [2.05, 4.69) is 20.6 Å². The van der Waals surface area contributed by atoms with Crippen molar-refractivity contribution in [2.45, 2.75) is 19.9 Å². The molecule has 0 amide bonds. The van der Waals surface area contributed by atoms with E-state index in [0.717, 1.165) is 29.5 Å². The van der Waals surface area contributed by atoms with Crippen LogP contribution >= 0.6 is 0 Å². The van der Waals surface area contributed by atoms with Gasteiger partial charge < -0.3 is 15.1 Å². The molecule has 7 heteroatoms. The molecule has 3 rings (SSSR count). The third-order valence-corrected chi connectivity index (χ3v) is 4.20. The maximum atomic E-state index is 13.7. The second kappa shape index (κ2) is 9.12. The van der Waals surface area contributed by atoms with Crippen LogP contribution in [0.25, 0.3) is 11.5 Å². The van der Waals surface area contributed by atoms with Gasteiger partial charge in [-0.05, 0) is 37.3 Å². The van der Waals surface area contributed by atoms with Crippen LogP contribution in [-0.4, -0.2) is 24.5 Å². The monoisotopic (exact) mass is 384 g/mol. The summed E-state index contributed by atoms with van der Waals surface area (Å²) in [5.41, 5.74) is 3.16. The Balaban J connectivity index is 1.49. The third kappa shape index (κ3) is 5.16. The van der Waals surface area contributed by atoms with Crippen LogP contribution in [-0.2, 0) is 13.0 Å². The molecule has 0 atom stereocenters. The Morgan fingerprint density at radius 2 is 1.89 bits per heavy atom. The summed E-state index contributed by atoms with van der Waals surface area (Å²) in [6.45, 7) is 2.72. The van der Waals surface area contributed by atoms with Crippen molar-refractivity contribution < 1.29 is 13.2 Å². The first kappa shape index (κ1) is 19.5. The Morgan fingerprint density at radius 1 is 1.11 bits per heavy atom. The molecule has 0 aliphatic carbocycles. The number of hydrogen-bond acceptors (Lipinski definition) is 3. The first-order valence-corrected chi connectivity index (χ1v) is 8.95. The van der Waals surface area contributed by atoms with E-state index < -0.39 is 11.6 Å². The molecule has 0 saturated heterocycles. The average Bonchev–Trinajstić information content (AvgIpc) is 3.16. The Hall–Kier alpha value is -3.22. The summed E-state index contributed by atoms with van der Waals surface area (Å²) in [7, 11) is 1.61. The van der Waals surface area contributed by atoms with Gasteiger partial charge >= 0.3 is 0 Å². The van der Waals surface area contributed by atoms with Gasteiger partial charge in [-0.25, -0.2) is 13.8 Å². The van der Waals surface area contributed by atoms with E-state index in [1.807, 2.05) is 31.2 Å². The van der Waals surface area contributed by atoms with Crippen molar-refractivity contribution in [1.29, 1.82) is 0 Å². The van der Waals surface area contributed by atoms with Crippen molar-refractivity contribution in [3.63, 3.8) is 0 Å². The minimum atomic E-state index is -0.475. The zero-order valence-electron chi connectivity index (χ0n) is 15.8. The van der Waals surface area contributed by atoms with Crippen molar-refractivity contribution in [2.75, 3.05) is 13.6 Å². The predicted octanol–water partition coefficient (Wildman–Crippen LogP) is 3.84. The number of oxazole rings is 1. The SMILES string of the molecule is CN=C(NCCc1coc(-c2ccc(C)cc2)n1)NCc1cc(F)ccc1F. The van der Waals surface area contributed by atoms with E-state index in [0.29, 0.717) is 24.8 Å². The number of aliphatic imine (C=N–C) groups is 1. The highest BCUT2D eigenvalue weighted by Crippen LogP contribution is 2.19. The lowest BCUT2D eigenvalue weighted by Gasteiger charge is -2.12. The molecule has 28 heavy (non-hydrogen) atoms. The molecule has 0 bridgehead atoms. The maximum Gasteiger partial charge on any atom is 0.226 e. The fraction of sp³-hybridized carbons (Fsp3) is 0.238. The minimum absolute atomic E-state index is 0.130. The minimum Gasteiger partial charge on any atom is -0.444 e. The molecule has 5 nitrogen and oxygen atoms in total. The van der Waals surface area contributed by atoms with Gasteiger partial charge in [-0.3, -0.25) is 4.99 Å². The predicted molar refractivity (Wildman–Crippen MR) is 105 cm³/mol. The van der Waals surface area contributed by atoms with Crippen molar-refractivity contribution in [1.82, 2.24) is 15.6 Å². The van der Waals surface area contributed by atoms with E-state index in [1.54, 1.807) is 13.3 Å². The summed E-state index contributed by atoms with van der Waals surface area (Å²) >= 11 is 0. The fourth-order valence-electron chi connectivity index (χ4n) is 2.64. The molecule has 2 aromatic carbocycles. The van der Waals surface area contributed by atoms with Gasteiger partial charge in [-0.1, -0.05) is 17.7 Å². The number of hydrogen-bond donors (Lipinski definition) is 2. The summed E-state index contributed by atoms with van der Waals surface area (Å²) in [6.07, 6.45) is 2.26. The summed E-state index contributed by atoms with van der Waals surface area (Å²) in [5, 5.41) is 6.08.